The van der Waals surface area contributed by atoms with Crippen molar-refractivity contribution in [3.8, 4) is 0 Å². The average molecular weight is 243 g/mol. The first-order chi connectivity index (χ1) is 8.79. The predicted octanol–water partition coefficient (Wildman–Crippen LogP) is 3.12. The lowest BCUT2D eigenvalue weighted by molar-refractivity contribution is -0.126. The molecule has 2 nitrogen and oxygen atoms in total. The van der Waals surface area contributed by atoms with E-state index in [1.54, 1.807) is 0 Å². The molecule has 0 amide bonds. The molecular formula is C16H21NO. The third kappa shape index (κ3) is 1.99. The van der Waals surface area contributed by atoms with Gasteiger partial charge < -0.3 is 0 Å². The Hall–Kier alpha value is -1.15. The van der Waals surface area contributed by atoms with Gasteiger partial charge in [0.2, 0.25) is 0 Å². The van der Waals surface area contributed by atoms with Crippen LogP contribution in [0.1, 0.15) is 49.8 Å². The van der Waals surface area contributed by atoms with Crippen LogP contribution in [0.5, 0.6) is 0 Å². The maximum Gasteiger partial charge on any atom is 0.136 e. The van der Waals surface area contributed by atoms with Crippen LogP contribution in [0.4, 0.5) is 0 Å². The average Bonchev–Trinajstić information content (AvgIpc) is 2.39. The van der Waals surface area contributed by atoms with Crippen LogP contribution in [0.2, 0.25) is 0 Å². The first kappa shape index (κ1) is 11.9. The zero-order chi connectivity index (χ0) is 12.5. The lowest BCUT2D eigenvalue weighted by atomic mass is 9.83. The monoisotopic (exact) mass is 243 g/mol. The molecule has 1 aromatic carbocycles. The normalized spacial score (nSPS) is 27.7. The minimum Gasteiger partial charge on any atom is -0.300 e. The molecule has 2 heterocycles. The molecule has 2 heteroatoms. The molecule has 96 valence electrons. The van der Waals surface area contributed by atoms with Crippen LogP contribution in [0.15, 0.2) is 24.3 Å². The van der Waals surface area contributed by atoms with E-state index in [0.717, 1.165) is 32.2 Å². The second-order valence-corrected chi connectivity index (χ2v) is 5.59. The fourth-order valence-electron chi connectivity index (χ4n) is 3.62. The van der Waals surface area contributed by atoms with Crippen molar-refractivity contribution in [3.05, 3.63) is 35.4 Å². The van der Waals surface area contributed by atoms with Gasteiger partial charge in [-0.1, -0.05) is 37.6 Å². The van der Waals surface area contributed by atoms with E-state index in [2.05, 4.69) is 36.1 Å². The Morgan fingerprint density at radius 1 is 1.28 bits per heavy atom. The maximum atomic E-state index is 12.0. The number of nitrogens with zero attached hydrogens (tertiary/aromatic N) is 1. The largest absolute Gasteiger partial charge is 0.300 e. The summed E-state index contributed by atoms with van der Waals surface area (Å²) < 4.78 is 0. The van der Waals surface area contributed by atoms with Crippen LogP contribution in [-0.2, 0) is 11.2 Å². The Bertz CT molecular complexity index is 454. The van der Waals surface area contributed by atoms with E-state index in [4.69, 9.17) is 0 Å². The first-order valence-corrected chi connectivity index (χ1v) is 7.15. The summed E-state index contributed by atoms with van der Waals surface area (Å²) in [5.41, 5.74) is 2.85. The van der Waals surface area contributed by atoms with Crippen molar-refractivity contribution < 1.29 is 4.79 Å². The summed E-state index contributed by atoms with van der Waals surface area (Å²) in [5, 5.41) is 0. The van der Waals surface area contributed by atoms with Gasteiger partial charge in [0, 0.05) is 31.5 Å². The number of fused-ring (bicyclic) bond motifs is 3. The van der Waals surface area contributed by atoms with Crippen LogP contribution in [0.3, 0.4) is 0 Å². The molecule has 0 bridgehead atoms. The lowest BCUT2D eigenvalue weighted by Gasteiger charge is -2.45. The second kappa shape index (κ2) is 4.85. The molecule has 0 N–H and O–H groups in total. The molecule has 0 saturated carbocycles. The summed E-state index contributed by atoms with van der Waals surface area (Å²) in [4.78, 5) is 14.6. The van der Waals surface area contributed by atoms with E-state index < -0.39 is 0 Å². The highest BCUT2D eigenvalue weighted by atomic mass is 16.1. The minimum atomic E-state index is 0.354. The molecule has 3 rings (SSSR count). The number of carbonyl (C=O) groups excluding carboxylic acids is 1. The van der Waals surface area contributed by atoms with Gasteiger partial charge in [-0.05, 0) is 24.0 Å². The van der Waals surface area contributed by atoms with E-state index >= 15 is 0 Å². The number of benzene rings is 1. The number of rotatable bonds is 2. The fourth-order valence-corrected chi connectivity index (χ4v) is 3.62. The van der Waals surface area contributed by atoms with Gasteiger partial charge in [0.1, 0.15) is 5.78 Å². The molecule has 0 aromatic heterocycles. The summed E-state index contributed by atoms with van der Waals surface area (Å²) in [7, 11) is 0. The van der Waals surface area contributed by atoms with Gasteiger partial charge in [-0.3, -0.25) is 9.69 Å². The quantitative estimate of drug-likeness (QED) is 0.795. The van der Waals surface area contributed by atoms with Gasteiger partial charge in [-0.25, -0.2) is 0 Å². The van der Waals surface area contributed by atoms with Crippen molar-refractivity contribution in [1.29, 1.82) is 0 Å². The maximum absolute atomic E-state index is 12.0. The number of hydrogen-bond donors (Lipinski definition) is 0. The Morgan fingerprint density at radius 2 is 2.11 bits per heavy atom. The van der Waals surface area contributed by atoms with Crippen molar-refractivity contribution >= 4 is 5.78 Å². The zero-order valence-electron chi connectivity index (χ0n) is 11.1. The van der Waals surface area contributed by atoms with E-state index in [-0.39, 0.29) is 0 Å². The van der Waals surface area contributed by atoms with Crippen LogP contribution < -0.4 is 0 Å². The van der Waals surface area contributed by atoms with Crippen LogP contribution in [-0.4, -0.2) is 23.3 Å². The van der Waals surface area contributed by atoms with Crippen molar-refractivity contribution in [1.82, 2.24) is 4.90 Å². The van der Waals surface area contributed by atoms with Crippen LogP contribution in [0, 0.1) is 0 Å². The number of Topliss-reactive ketones (excluding diaryl/α,β-unsaturated/α-hetero) is 1. The number of piperidine rings is 1. The van der Waals surface area contributed by atoms with Gasteiger partial charge in [0.05, 0.1) is 0 Å². The van der Waals surface area contributed by atoms with Gasteiger partial charge in [0.15, 0.2) is 0 Å². The molecule has 0 spiro atoms. The molecule has 0 aliphatic carbocycles. The highest BCUT2D eigenvalue weighted by Crippen LogP contribution is 2.38. The van der Waals surface area contributed by atoms with Crippen molar-refractivity contribution in [2.24, 2.45) is 0 Å². The van der Waals surface area contributed by atoms with Crippen LogP contribution >= 0.6 is 0 Å². The van der Waals surface area contributed by atoms with E-state index in [9.17, 15) is 4.79 Å². The van der Waals surface area contributed by atoms with E-state index in [1.807, 2.05) is 0 Å². The molecule has 2 aliphatic rings. The summed E-state index contributed by atoms with van der Waals surface area (Å²) >= 11 is 0. The standard InChI is InChI=1S/C16H21NO/c1-2-5-13-10-14(18)11-16-15-7-4-3-6-12(15)8-9-17(13)16/h3-4,6-7,13,16H,2,5,8-11H2,1H3/t13-,16+/m1/s1. The summed E-state index contributed by atoms with van der Waals surface area (Å²) in [6, 6.07) is 9.50. The molecule has 2 aliphatic heterocycles. The highest BCUT2D eigenvalue weighted by molar-refractivity contribution is 5.81. The van der Waals surface area contributed by atoms with E-state index in [0.29, 0.717) is 17.9 Å². The topological polar surface area (TPSA) is 20.3 Å². The fraction of sp³-hybridized carbons (Fsp3) is 0.562. The number of ketones is 1. The van der Waals surface area contributed by atoms with E-state index in [1.165, 1.54) is 17.5 Å². The molecule has 0 radical (unpaired) electrons. The summed E-state index contributed by atoms with van der Waals surface area (Å²) in [6.45, 7) is 3.34. The highest BCUT2D eigenvalue weighted by Gasteiger charge is 2.37. The minimum absolute atomic E-state index is 0.354. The zero-order valence-corrected chi connectivity index (χ0v) is 11.1. The molecular weight excluding hydrogens is 222 g/mol. The molecule has 1 fully saturated rings. The summed E-state index contributed by atoms with van der Waals surface area (Å²) in [6.07, 6.45) is 4.96. The third-order valence-electron chi connectivity index (χ3n) is 4.43. The predicted molar refractivity (Wildman–Crippen MR) is 72.5 cm³/mol. The number of carbonyl (C=O) groups is 1. The van der Waals surface area contributed by atoms with Crippen LogP contribution in [0.25, 0.3) is 0 Å². The Morgan fingerprint density at radius 3 is 2.94 bits per heavy atom. The molecule has 0 unspecified atom stereocenters. The summed E-state index contributed by atoms with van der Waals surface area (Å²) in [5.74, 6) is 0.450. The van der Waals surface area contributed by atoms with Gasteiger partial charge in [-0.15, -0.1) is 0 Å². The molecule has 1 saturated heterocycles. The third-order valence-corrected chi connectivity index (χ3v) is 4.43. The van der Waals surface area contributed by atoms with Gasteiger partial charge in [-0.2, -0.15) is 0 Å². The Balaban J connectivity index is 1.93. The van der Waals surface area contributed by atoms with Crippen molar-refractivity contribution in [3.63, 3.8) is 0 Å². The van der Waals surface area contributed by atoms with Gasteiger partial charge >= 0.3 is 0 Å². The van der Waals surface area contributed by atoms with Gasteiger partial charge in [0.25, 0.3) is 0 Å². The molecule has 1 aromatic rings. The van der Waals surface area contributed by atoms with Crippen molar-refractivity contribution in [2.75, 3.05) is 6.54 Å². The van der Waals surface area contributed by atoms with Crippen molar-refractivity contribution in [2.45, 2.75) is 51.1 Å². The SMILES string of the molecule is CCC[C@@H]1CC(=O)C[C@H]2c3ccccc3CCN12. The first-order valence-electron chi connectivity index (χ1n) is 7.15. The molecule has 2 atom stereocenters. The Kier molecular flexibility index (Phi) is 3.21. The smallest absolute Gasteiger partial charge is 0.136 e. The Labute approximate surface area is 109 Å². The number of hydrogen-bond acceptors (Lipinski definition) is 2. The lowest BCUT2D eigenvalue weighted by Crippen LogP contribution is -2.48. The second-order valence-electron chi connectivity index (χ2n) is 5.59. The molecule has 18 heavy (non-hydrogen) atoms.